The molecule has 0 aromatic heterocycles. The predicted octanol–water partition coefficient (Wildman–Crippen LogP) is 2.98. The number of hydrogen-bond acceptors (Lipinski definition) is 3. The van der Waals surface area contributed by atoms with Crippen LogP contribution >= 0.6 is 15.9 Å². The minimum atomic E-state index is -0.294. The number of rotatable bonds is 7. The fourth-order valence-corrected chi connectivity index (χ4v) is 1.88. The first kappa shape index (κ1) is 15.4. The van der Waals surface area contributed by atoms with Crippen LogP contribution in [0.2, 0.25) is 0 Å². The summed E-state index contributed by atoms with van der Waals surface area (Å²) >= 11 is 3.28. The largest absolute Gasteiger partial charge is 0.486 e. The van der Waals surface area contributed by atoms with Gasteiger partial charge < -0.3 is 14.8 Å². The Morgan fingerprint density at radius 1 is 1.39 bits per heavy atom. The van der Waals surface area contributed by atoms with Crippen molar-refractivity contribution in [1.29, 1.82) is 0 Å². The van der Waals surface area contributed by atoms with Crippen LogP contribution in [0.15, 0.2) is 22.7 Å². The van der Waals surface area contributed by atoms with Crippen molar-refractivity contribution in [2.75, 3.05) is 20.3 Å². The van der Waals surface area contributed by atoms with Gasteiger partial charge in [-0.05, 0) is 34.1 Å². The van der Waals surface area contributed by atoms with Crippen LogP contribution in [0.25, 0.3) is 0 Å². The molecule has 1 atom stereocenters. The molecule has 0 bridgehead atoms. The number of hydrogen-bond donors (Lipinski definition) is 1. The zero-order valence-electron chi connectivity index (χ0n) is 10.9. The van der Waals surface area contributed by atoms with E-state index in [1.54, 1.807) is 13.2 Å². The van der Waals surface area contributed by atoms with Gasteiger partial charge in [0.05, 0.1) is 11.1 Å². The first-order chi connectivity index (χ1) is 8.52. The zero-order chi connectivity index (χ0) is 13.5. The lowest BCUT2D eigenvalue weighted by Crippen LogP contribution is -2.38. The standard InChI is InChI=1S/C13H19BrFNO2/c1-9(2)16-7-11(8-17-3)18-13-5-4-10(15)6-12(13)14/h4-6,9,11,16H,7-8H2,1-3H3. The van der Waals surface area contributed by atoms with Gasteiger partial charge in [-0.2, -0.15) is 0 Å². The molecule has 0 heterocycles. The van der Waals surface area contributed by atoms with Crippen LogP contribution in [-0.2, 0) is 4.74 Å². The first-order valence-electron chi connectivity index (χ1n) is 5.87. The second kappa shape index (κ2) is 7.71. The smallest absolute Gasteiger partial charge is 0.134 e. The third-order valence-electron chi connectivity index (χ3n) is 2.29. The minimum absolute atomic E-state index is 0.112. The molecule has 0 saturated heterocycles. The summed E-state index contributed by atoms with van der Waals surface area (Å²) in [4.78, 5) is 0. The fraction of sp³-hybridized carbons (Fsp3) is 0.538. The Balaban J connectivity index is 2.64. The van der Waals surface area contributed by atoms with Gasteiger partial charge >= 0.3 is 0 Å². The molecule has 0 aliphatic rings. The van der Waals surface area contributed by atoms with E-state index in [9.17, 15) is 4.39 Å². The van der Waals surface area contributed by atoms with E-state index in [1.165, 1.54) is 12.1 Å². The summed E-state index contributed by atoms with van der Waals surface area (Å²) in [6.07, 6.45) is -0.112. The fourth-order valence-electron chi connectivity index (χ4n) is 1.44. The van der Waals surface area contributed by atoms with Gasteiger partial charge in [-0.1, -0.05) is 13.8 Å². The molecule has 0 aliphatic carbocycles. The number of ether oxygens (including phenoxy) is 2. The van der Waals surface area contributed by atoms with Crippen LogP contribution in [0.3, 0.4) is 0 Å². The van der Waals surface area contributed by atoms with Gasteiger partial charge in [-0.15, -0.1) is 0 Å². The second-order valence-corrected chi connectivity index (χ2v) is 5.19. The Hall–Kier alpha value is -0.650. The molecule has 0 radical (unpaired) electrons. The van der Waals surface area contributed by atoms with Crippen LogP contribution in [0.1, 0.15) is 13.8 Å². The molecule has 1 rings (SSSR count). The van der Waals surface area contributed by atoms with E-state index in [0.717, 1.165) is 0 Å². The maximum atomic E-state index is 13.0. The van der Waals surface area contributed by atoms with Gasteiger partial charge in [0.2, 0.25) is 0 Å². The Morgan fingerprint density at radius 2 is 2.11 bits per heavy atom. The molecule has 5 heteroatoms. The predicted molar refractivity (Wildman–Crippen MR) is 73.5 cm³/mol. The maximum absolute atomic E-state index is 13.0. The molecule has 1 aromatic rings. The van der Waals surface area contributed by atoms with Crippen LogP contribution < -0.4 is 10.1 Å². The zero-order valence-corrected chi connectivity index (χ0v) is 12.5. The summed E-state index contributed by atoms with van der Waals surface area (Å²) in [6.45, 7) is 5.29. The average molecular weight is 320 g/mol. The normalized spacial score (nSPS) is 12.8. The molecule has 0 amide bonds. The van der Waals surface area contributed by atoms with E-state index in [0.29, 0.717) is 29.4 Å². The number of nitrogens with one attached hydrogen (secondary N) is 1. The highest BCUT2D eigenvalue weighted by atomic mass is 79.9. The van der Waals surface area contributed by atoms with Gasteiger partial charge in [0, 0.05) is 19.7 Å². The monoisotopic (exact) mass is 319 g/mol. The van der Waals surface area contributed by atoms with Crippen molar-refractivity contribution >= 4 is 15.9 Å². The second-order valence-electron chi connectivity index (χ2n) is 4.33. The topological polar surface area (TPSA) is 30.5 Å². The van der Waals surface area contributed by atoms with Crippen LogP contribution in [0.4, 0.5) is 4.39 Å². The molecule has 18 heavy (non-hydrogen) atoms. The Bertz CT molecular complexity index is 374. The summed E-state index contributed by atoms with van der Waals surface area (Å²) in [5.41, 5.74) is 0. The summed E-state index contributed by atoms with van der Waals surface area (Å²) in [5, 5.41) is 3.29. The van der Waals surface area contributed by atoms with Crippen molar-refractivity contribution in [2.45, 2.75) is 26.0 Å². The lowest BCUT2D eigenvalue weighted by molar-refractivity contribution is 0.0788. The van der Waals surface area contributed by atoms with Gasteiger partial charge in [-0.3, -0.25) is 0 Å². The molecular weight excluding hydrogens is 301 g/mol. The summed E-state index contributed by atoms with van der Waals surface area (Å²) in [7, 11) is 1.63. The van der Waals surface area contributed by atoms with Gasteiger partial charge in [-0.25, -0.2) is 4.39 Å². The van der Waals surface area contributed by atoms with Crippen LogP contribution in [-0.4, -0.2) is 32.4 Å². The van der Waals surface area contributed by atoms with Gasteiger partial charge in [0.25, 0.3) is 0 Å². The molecule has 1 N–H and O–H groups in total. The molecule has 0 saturated carbocycles. The maximum Gasteiger partial charge on any atom is 0.134 e. The molecule has 102 valence electrons. The Morgan fingerprint density at radius 3 is 2.67 bits per heavy atom. The van der Waals surface area contributed by atoms with Crippen molar-refractivity contribution < 1.29 is 13.9 Å². The van der Waals surface area contributed by atoms with E-state index in [2.05, 4.69) is 35.1 Å². The van der Waals surface area contributed by atoms with E-state index in [-0.39, 0.29) is 11.9 Å². The Kier molecular flexibility index (Phi) is 6.60. The van der Waals surface area contributed by atoms with Crippen LogP contribution in [0, 0.1) is 5.82 Å². The van der Waals surface area contributed by atoms with Gasteiger partial charge in [0.15, 0.2) is 0 Å². The highest BCUT2D eigenvalue weighted by molar-refractivity contribution is 9.10. The van der Waals surface area contributed by atoms with Crippen molar-refractivity contribution in [1.82, 2.24) is 5.32 Å². The number of halogens is 2. The first-order valence-corrected chi connectivity index (χ1v) is 6.66. The van der Waals surface area contributed by atoms with E-state index < -0.39 is 0 Å². The summed E-state index contributed by atoms with van der Waals surface area (Å²) < 4.78 is 24.5. The molecular formula is C13H19BrFNO2. The quantitative estimate of drug-likeness (QED) is 0.838. The highest BCUT2D eigenvalue weighted by Gasteiger charge is 2.13. The number of methoxy groups -OCH3 is 1. The molecule has 1 unspecified atom stereocenters. The van der Waals surface area contributed by atoms with E-state index >= 15 is 0 Å². The molecule has 0 spiro atoms. The summed E-state index contributed by atoms with van der Waals surface area (Å²) in [5.74, 6) is 0.321. The van der Waals surface area contributed by atoms with E-state index in [1.807, 2.05) is 0 Å². The van der Waals surface area contributed by atoms with Crippen molar-refractivity contribution in [3.05, 3.63) is 28.5 Å². The lowest BCUT2D eigenvalue weighted by atomic mass is 10.3. The van der Waals surface area contributed by atoms with E-state index in [4.69, 9.17) is 9.47 Å². The molecule has 1 aromatic carbocycles. The molecule has 0 aliphatic heterocycles. The highest BCUT2D eigenvalue weighted by Crippen LogP contribution is 2.26. The van der Waals surface area contributed by atoms with Crippen LogP contribution in [0.5, 0.6) is 5.75 Å². The number of benzene rings is 1. The van der Waals surface area contributed by atoms with Crippen molar-refractivity contribution in [3.8, 4) is 5.75 Å². The minimum Gasteiger partial charge on any atom is -0.486 e. The molecule has 3 nitrogen and oxygen atoms in total. The molecule has 0 fully saturated rings. The lowest BCUT2D eigenvalue weighted by Gasteiger charge is -2.21. The average Bonchev–Trinajstić information content (AvgIpc) is 2.29. The third-order valence-corrected chi connectivity index (χ3v) is 2.91. The Labute approximate surface area is 116 Å². The third kappa shape index (κ3) is 5.33. The van der Waals surface area contributed by atoms with Crippen molar-refractivity contribution in [3.63, 3.8) is 0 Å². The van der Waals surface area contributed by atoms with Crippen molar-refractivity contribution in [2.24, 2.45) is 0 Å². The summed E-state index contributed by atoms with van der Waals surface area (Å²) in [6, 6.07) is 4.75. The van der Waals surface area contributed by atoms with Gasteiger partial charge in [0.1, 0.15) is 17.7 Å². The SMILES string of the molecule is COCC(CNC(C)C)Oc1ccc(F)cc1Br.